The zero-order valence-electron chi connectivity index (χ0n) is 12.4. The molecule has 0 spiro atoms. The highest BCUT2D eigenvalue weighted by Gasteiger charge is 2.23. The Balaban J connectivity index is 1.89. The maximum absolute atomic E-state index is 10.1. The molecule has 4 heteroatoms. The number of benzene rings is 1. The third-order valence-electron chi connectivity index (χ3n) is 3.61. The first-order valence-corrected chi connectivity index (χ1v) is 7.28. The highest BCUT2D eigenvalue weighted by atomic mass is 16.5. The van der Waals surface area contributed by atoms with Crippen molar-refractivity contribution >= 4 is 5.69 Å². The summed E-state index contributed by atoms with van der Waals surface area (Å²) in [6.45, 7) is 5.32. The average Bonchev–Trinajstić information content (AvgIpc) is 2.43. The van der Waals surface area contributed by atoms with Gasteiger partial charge < -0.3 is 19.5 Å². The van der Waals surface area contributed by atoms with Crippen LogP contribution < -0.4 is 4.90 Å². The normalized spacial score (nSPS) is 19.8. The number of nitrogens with zero attached hydrogens (tertiary/aromatic N) is 1. The lowest BCUT2D eigenvalue weighted by molar-refractivity contribution is 0.0158. The Morgan fingerprint density at radius 1 is 1.35 bits per heavy atom. The minimum Gasteiger partial charge on any atom is -0.389 e. The highest BCUT2D eigenvalue weighted by Crippen LogP contribution is 2.29. The van der Waals surface area contributed by atoms with E-state index in [9.17, 15) is 5.11 Å². The fourth-order valence-corrected chi connectivity index (χ4v) is 2.75. The van der Waals surface area contributed by atoms with Crippen LogP contribution in [0.1, 0.15) is 12.5 Å². The molecule has 4 nitrogen and oxygen atoms in total. The molecule has 0 aromatic heterocycles. The van der Waals surface area contributed by atoms with Crippen LogP contribution in [0.3, 0.4) is 0 Å². The molecule has 112 valence electrons. The molecule has 1 aromatic carbocycles. The van der Waals surface area contributed by atoms with Crippen molar-refractivity contribution in [3.8, 4) is 0 Å². The number of ether oxygens (including phenoxy) is 2. The Kier molecular flexibility index (Phi) is 5.83. The number of para-hydroxylation sites is 1. The fourth-order valence-electron chi connectivity index (χ4n) is 2.75. The van der Waals surface area contributed by atoms with Gasteiger partial charge in [-0.2, -0.15) is 0 Å². The van der Waals surface area contributed by atoms with Gasteiger partial charge in [0.2, 0.25) is 0 Å². The Bertz CT molecular complexity index is 410. The number of aliphatic hydroxyl groups is 1. The second-order valence-electron chi connectivity index (χ2n) is 5.56. The smallest absolute Gasteiger partial charge is 0.0948 e. The van der Waals surface area contributed by atoms with Crippen LogP contribution in [0.4, 0.5) is 5.69 Å². The van der Waals surface area contributed by atoms with E-state index in [-0.39, 0.29) is 0 Å². The van der Waals surface area contributed by atoms with Gasteiger partial charge in [0.1, 0.15) is 0 Å². The van der Waals surface area contributed by atoms with Gasteiger partial charge in [-0.1, -0.05) is 25.1 Å². The summed E-state index contributed by atoms with van der Waals surface area (Å²) in [7, 11) is 1.64. The SMILES string of the molecule is COCCOCC(O)CN1CC(C)Cc2ccccc21. The Labute approximate surface area is 121 Å². The number of hydrogen-bond donors (Lipinski definition) is 1. The number of anilines is 1. The van der Waals surface area contributed by atoms with Crippen LogP contribution in [0.2, 0.25) is 0 Å². The molecule has 20 heavy (non-hydrogen) atoms. The van der Waals surface area contributed by atoms with E-state index in [0.29, 0.717) is 32.3 Å². The number of fused-ring (bicyclic) bond motifs is 1. The van der Waals surface area contributed by atoms with Gasteiger partial charge in [-0.05, 0) is 24.0 Å². The molecule has 2 unspecified atom stereocenters. The molecular weight excluding hydrogens is 254 g/mol. The van der Waals surface area contributed by atoms with Crippen molar-refractivity contribution in [2.45, 2.75) is 19.4 Å². The van der Waals surface area contributed by atoms with Crippen molar-refractivity contribution in [3.63, 3.8) is 0 Å². The van der Waals surface area contributed by atoms with Gasteiger partial charge in [0.05, 0.1) is 25.9 Å². The maximum atomic E-state index is 10.1. The van der Waals surface area contributed by atoms with Crippen LogP contribution >= 0.6 is 0 Å². The molecule has 0 bridgehead atoms. The lowest BCUT2D eigenvalue weighted by Gasteiger charge is -2.36. The largest absolute Gasteiger partial charge is 0.389 e. The van der Waals surface area contributed by atoms with Crippen molar-refractivity contribution in [1.29, 1.82) is 0 Å². The minimum atomic E-state index is -0.467. The summed E-state index contributed by atoms with van der Waals surface area (Å²) in [5.41, 5.74) is 2.63. The standard InChI is InChI=1S/C16H25NO3/c1-13-9-14-5-3-4-6-16(14)17(10-13)11-15(18)12-20-8-7-19-2/h3-6,13,15,18H,7-12H2,1-2H3. The van der Waals surface area contributed by atoms with E-state index < -0.39 is 6.10 Å². The van der Waals surface area contributed by atoms with Crippen molar-refractivity contribution in [2.75, 3.05) is 44.9 Å². The van der Waals surface area contributed by atoms with Crippen LogP contribution in [-0.2, 0) is 15.9 Å². The Hall–Kier alpha value is -1.10. The van der Waals surface area contributed by atoms with Gasteiger partial charge in [0, 0.05) is 25.9 Å². The van der Waals surface area contributed by atoms with E-state index in [1.54, 1.807) is 7.11 Å². The van der Waals surface area contributed by atoms with Crippen LogP contribution in [0.5, 0.6) is 0 Å². The highest BCUT2D eigenvalue weighted by molar-refractivity contribution is 5.55. The molecule has 1 N–H and O–H groups in total. The van der Waals surface area contributed by atoms with Crippen molar-refractivity contribution in [3.05, 3.63) is 29.8 Å². The fraction of sp³-hybridized carbons (Fsp3) is 0.625. The average molecular weight is 279 g/mol. The maximum Gasteiger partial charge on any atom is 0.0948 e. The number of rotatable bonds is 7. The summed E-state index contributed by atoms with van der Waals surface area (Å²) in [5, 5.41) is 10.1. The zero-order valence-corrected chi connectivity index (χ0v) is 12.4. The quantitative estimate of drug-likeness (QED) is 0.772. The van der Waals surface area contributed by atoms with Crippen LogP contribution in [0.15, 0.2) is 24.3 Å². The molecule has 1 aromatic rings. The summed E-state index contributed by atoms with van der Waals surface area (Å²) in [5.74, 6) is 0.617. The summed E-state index contributed by atoms with van der Waals surface area (Å²) in [6, 6.07) is 8.46. The second kappa shape index (κ2) is 7.62. The lowest BCUT2D eigenvalue weighted by Crippen LogP contribution is -2.41. The molecule has 0 amide bonds. The first kappa shape index (κ1) is 15.3. The van der Waals surface area contributed by atoms with E-state index in [2.05, 4.69) is 36.1 Å². The van der Waals surface area contributed by atoms with Gasteiger partial charge in [-0.3, -0.25) is 0 Å². The molecule has 1 aliphatic heterocycles. The summed E-state index contributed by atoms with van der Waals surface area (Å²) in [4.78, 5) is 2.27. The first-order chi connectivity index (χ1) is 9.70. The lowest BCUT2D eigenvalue weighted by atomic mass is 9.94. The Morgan fingerprint density at radius 3 is 2.95 bits per heavy atom. The monoisotopic (exact) mass is 279 g/mol. The molecule has 2 rings (SSSR count). The predicted octanol–water partition coefficient (Wildman–Crippen LogP) is 1.71. The number of methoxy groups -OCH3 is 1. The van der Waals surface area contributed by atoms with Crippen LogP contribution in [-0.4, -0.2) is 51.2 Å². The number of aliphatic hydroxyl groups excluding tert-OH is 1. The van der Waals surface area contributed by atoms with Gasteiger partial charge >= 0.3 is 0 Å². The molecule has 1 heterocycles. The third-order valence-corrected chi connectivity index (χ3v) is 3.61. The van der Waals surface area contributed by atoms with E-state index in [1.807, 2.05) is 0 Å². The van der Waals surface area contributed by atoms with Crippen LogP contribution in [0, 0.1) is 5.92 Å². The van der Waals surface area contributed by atoms with Gasteiger partial charge in [-0.15, -0.1) is 0 Å². The van der Waals surface area contributed by atoms with Crippen molar-refractivity contribution in [2.24, 2.45) is 5.92 Å². The molecule has 0 aliphatic carbocycles. The molecule has 1 aliphatic rings. The summed E-state index contributed by atoms with van der Waals surface area (Å²) < 4.78 is 10.3. The van der Waals surface area contributed by atoms with Crippen molar-refractivity contribution < 1.29 is 14.6 Å². The molecule has 0 saturated heterocycles. The van der Waals surface area contributed by atoms with E-state index in [4.69, 9.17) is 9.47 Å². The van der Waals surface area contributed by atoms with E-state index in [0.717, 1.165) is 13.0 Å². The number of β-amino-alcohol motifs (C(OH)–C–C–N with tert-alkyl or cyclic N) is 1. The Morgan fingerprint density at radius 2 is 2.15 bits per heavy atom. The topological polar surface area (TPSA) is 41.9 Å². The zero-order chi connectivity index (χ0) is 14.4. The predicted molar refractivity (Wildman–Crippen MR) is 80.2 cm³/mol. The van der Waals surface area contributed by atoms with Crippen molar-refractivity contribution in [1.82, 2.24) is 0 Å². The minimum absolute atomic E-state index is 0.358. The van der Waals surface area contributed by atoms with E-state index in [1.165, 1.54) is 11.3 Å². The third kappa shape index (κ3) is 4.20. The molecule has 2 atom stereocenters. The molecular formula is C16H25NO3. The van der Waals surface area contributed by atoms with Gasteiger partial charge in [-0.25, -0.2) is 0 Å². The molecule has 0 fully saturated rings. The van der Waals surface area contributed by atoms with E-state index >= 15 is 0 Å². The van der Waals surface area contributed by atoms with Crippen LogP contribution in [0.25, 0.3) is 0 Å². The van der Waals surface area contributed by atoms with Gasteiger partial charge in [0.15, 0.2) is 0 Å². The molecule has 0 saturated carbocycles. The first-order valence-electron chi connectivity index (χ1n) is 7.28. The summed E-state index contributed by atoms with van der Waals surface area (Å²) >= 11 is 0. The number of hydrogen-bond acceptors (Lipinski definition) is 4. The summed E-state index contributed by atoms with van der Waals surface area (Å²) in [6.07, 6.45) is 0.651. The molecule has 0 radical (unpaired) electrons. The second-order valence-corrected chi connectivity index (χ2v) is 5.56. The van der Waals surface area contributed by atoms with Gasteiger partial charge in [0.25, 0.3) is 0 Å².